The van der Waals surface area contributed by atoms with Gasteiger partial charge in [0.15, 0.2) is 0 Å². The van der Waals surface area contributed by atoms with Gasteiger partial charge >= 0.3 is 0 Å². The van der Waals surface area contributed by atoms with E-state index in [1.54, 1.807) is 11.8 Å². The lowest BCUT2D eigenvalue weighted by Gasteiger charge is -2.12. The van der Waals surface area contributed by atoms with Crippen molar-refractivity contribution in [1.29, 1.82) is 0 Å². The molecule has 1 aromatic heterocycles. The molecule has 0 bridgehead atoms. The van der Waals surface area contributed by atoms with Gasteiger partial charge in [0.2, 0.25) is 11.1 Å². The second kappa shape index (κ2) is 8.43. The van der Waals surface area contributed by atoms with E-state index in [9.17, 15) is 4.79 Å². The maximum absolute atomic E-state index is 12.4. The molecule has 0 spiro atoms. The Morgan fingerprint density at radius 3 is 2.46 bits per heavy atom. The van der Waals surface area contributed by atoms with Crippen molar-refractivity contribution >= 4 is 23.4 Å². The molecule has 3 aromatic rings. The lowest BCUT2D eigenvalue weighted by atomic mass is 10.1. The molecule has 1 N–H and O–H groups in total. The van der Waals surface area contributed by atoms with E-state index in [0.29, 0.717) is 5.16 Å². The molecule has 0 aliphatic heterocycles. The third-order valence-corrected chi connectivity index (χ3v) is 5.25. The highest BCUT2D eigenvalue weighted by atomic mass is 32.2. The van der Waals surface area contributed by atoms with Crippen LogP contribution < -0.4 is 10.1 Å². The average molecular weight is 398 g/mol. The molecule has 0 atom stereocenters. The van der Waals surface area contributed by atoms with Crippen LogP contribution in [0, 0.1) is 27.7 Å². The number of thioether (sulfide) groups is 1. The number of rotatable bonds is 6. The summed E-state index contributed by atoms with van der Waals surface area (Å²) in [4.78, 5) is 12.4. The lowest BCUT2D eigenvalue weighted by Crippen LogP contribution is -2.15. The number of tetrazole rings is 1. The number of amides is 1. The Kier molecular flexibility index (Phi) is 5.99. The molecule has 0 saturated carbocycles. The molecular weight excluding hydrogens is 374 g/mol. The highest BCUT2D eigenvalue weighted by Crippen LogP contribution is 2.25. The number of methoxy groups -OCH3 is 1. The van der Waals surface area contributed by atoms with E-state index in [1.165, 1.54) is 17.3 Å². The first-order valence-corrected chi connectivity index (χ1v) is 9.81. The van der Waals surface area contributed by atoms with Crippen LogP contribution in [0.4, 0.5) is 5.69 Å². The smallest absolute Gasteiger partial charge is 0.234 e. The number of hydrogen-bond acceptors (Lipinski definition) is 6. The number of carbonyl (C=O) groups excluding carboxylic acids is 1. The van der Waals surface area contributed by atoms with Crippen LogP contribution in [0.25, 0.3) is 5.69 Å². The number of nitrogens with one attached hydrogen (secondary N) is 1. The monoisotopic (exact) mass is 397 g/mol. The average Bonchev–Trinajstić information content (AvgIpc) is 3.09. The Labute approximate surface area is 168 Å². The number of benzene rings is 2. The van der Waals surface area contributed by atoms with Gasteiger partial charge in [-0.2, -0.15) is 4.68 Å². The molecule has 28 heavy (non-hydrogen) atoms. The molecule has 0 radical (unpaired) electrons. The van der Waals surface area contributed by atoms with Crippen molar-refractivity contribution in [2.45, 2.75) is 32.9 Å². The summed E-state index contributed by atoms with van der Waals surface area (Å²) in [7, 11) is 1.62. The predicted octanol–water partition coefficient (Wildman–Crippen LogP) is 3.64. The molecule has 2 aromatic carbocycles. The first kappa shape index (κ1) is 19.9. The number of ether oxygens (including phenoxy) is 1. The summed E-state index contributed by atoms with van der Waals surface area (Å²) in [6.07, 6.45) is 0. The van der Waals surface area contributed by atoms with Gasteiger partial charge in [0.05, 0.1) is 18.6 Å². The van der Waals surface area contributed by atoms with Crippen molar-refractivity contribution in [2.75, 3.05) is 18.2 Å². The zero-order valence-electron chi connectivity index (χ0n) is 16.6. The fourth-order valence-corrected chi connectivity index (χ4v) is 3.81. The lowest BCUT2D eigenvalue weighted by molar-refractivity contribution is -0.113. The Bertz CT molecular complexity index is 993. The highest BCUT2D eigenvalue weighted by Gasteiger charge is 2.15. The van der Waals surface area contributed by atoms with Crippen LogP contribution in [0.2, 0.25) is 0 Å². The molecule has 8 heteroatoms. The van der Waals surface area contributed by atoms with Crippen molar-refractivity contribution in [2.24, 2.45) is 0 Å². The van der Waals surface area contributed by atoms with E-state index in [2.05, 4.69) is 39.9 Å². The van der Waals surface area contributed by atoms with Crippen LogP contribution in [0.15, 0.2) is 35.5 Å². The minimum atomic E-state index is -0.120. The van der Waals surface area contributed by atoms with Gasteiger partial charge in [0, 0.05) is 5.69 Å². The van der Waals surface area contributed by atoms with Crippen LogP contribution in [0.1, 0.15) is 22.3 Å². The topological polar surface area (TPSA) is 81.9 Å². The van der Waals surface area contributed by atoms with Crippen LogP contribution in [-0.2, 0) is 4.79 Å². The molecule has 1 heterocycles. The zero-order valence-corrected chi connectivity index (χ0v) is 17.4. The fraction of sp³-hybridized carbons (Fsp3) is 0.300. The summed E-state index contributed by atoms with van der Waals surface area (Å²) in [6, 6.07) is 9.72. The number of aryl methyl sites for hydroxylation is 4. The molecule has 3 rings (SSSR count). The Balaban J connectivity index is 1.71. The minimum Gasteiger partial charge on any atom is -0.497 e. The van der Waals surface area contributed by atoms with Crippen molar-refractivity contribution in [1.82, 2.24) is 20.2 Å². The van der Waals surface area contributed by atoms with Gasteiger partial charge in [0.25, 0.3) is 0 Å². The molecule has 0 saturated heterocycles. The third-order valence-electron chi connectivity index (χ3n) is 4.33. The first-order valence-electron chi connectivity index (χ1n) is 8.83. The first-order chi connectivity index (χ1) is 13.4. The summed E-state index contributed by atoms with van der Waals surface area (Å²) in [5.74, 6) is 0.841. The summed E-state index contributed by atoms with van der Waals surface area (Å²) in [6.45, 7) is 8.05. The zero-order chi connectivity index (χ0) is 20.3. The van der Waals surface area contributed by atoms with Crippen molar-refractivity contribution < 1.29 is 9.53 Å². The number of nitrogens with zero attached hydrogens (tertiary/aromatic N) is 4. The number of anilines is 1. The normalized spacial score (nSPS) is 10.8. The van der Waals surface area contributed by atoms with Crippen LogP contribution in [-0.4, -0.2) is 39.0 Å². The van der Waals surface area contributed by atoms with Crippen LogP contribution >= 0.6 is 11.8 Å². The number of aromatic nitrogens is 4. The molecule has 146 valence electrons. The van der Waals surface area contributed by atoms with E-state index in [-0.39, 0.29) is 11.7 Å². The van der Waals surface area contributed by atoms with Crippen molar-refractivity contribution in [3.8, 4) is 11.4 Å². The number of hydrogen-bond donors (Lipinski definition) is 1. The minimum absolute atomic E-state index is 0.120. The van der Waals surface area contributed by atoms with Gasteiger partial charge in [-0.1, -0.05) is 29.5 Å². The van der Waals surface area contributed by atoms with Gasteiger partial charge in [-0.15, -0.1) is 5.10 Å². The summed E-state index contributed by atoms with van der Waals surface area (Å²) in [5, 5.41) is 15.5. The van der Waals surface area contributed by atoms with Gasteiger partial charge in [0.1, 0.15) is 5.75 Å². The van der Waals surface area contributed by atoms with Gasteiger partial charge < -0.3 is 10.1 Å². The second-order valence-electron chi connectivity index (χ2n) is 6.64. The van der Waals surface area contributed by atoms with E-state index >= 15 is 0 Å². The van der Waals surface area contributed by atoms with Crippen molar-refractivity contribution in [3.63, 3.8) is 0 Å². The summed E-state index contributed by atoms with van der Waals surface area (Å²) < 4.78 is 6.89. The molecule has 0 unspecified atom stereocenters. The fourth-order valence-electron chi connectivity index (χ4n) is 3.14. The molecule has 0 aliphatic carbocycles. The quantitative estimate of drug-likeness (QED) is 0.640. The SMILES string of the molecule is COc1ccc(NC(=O)CSc2nnnn2-c2c(C)cc(C)cc2C)c(C)c1. The third kappa shape index (κ3) is 4.33. The van der Waals surface area contributed by atoms with Gasteiger partial charge in [-0.25, -0.2) is 0 Å². The maximum Gasteiger partial charge on any atom is 0.234 e. The maximum atomic E-state index is 12.4. The highest BCUT2D eigenvalue weighted by molar-refractivity contribution is 7.99. The van der Waals surface area contributed by atoms with Crippen LogP contribution in [0.3, 0.4) is 0 Å². The second-order valence-corrected chi connectivity index (χ2v) is 7.58. The number of carbonyl (C=O) groups is 1. The standard InChI is InChI=1S/C20H23N5O2S/c1-12-8-14(3)19(15(4)9-12)25-20(22-23-24-25)28-11-18(26)21-17-7-6-16(27-5)10-13(17)2/h6-10H,11H2,1-5H3,(H,21,26). The molecule has 1 amide bonds. The Hall–Kier alpha value is -2.87. The Morgan fingerprint density at radius 2 is 1.82 bits per heavy atom. The van der Waals surface area contributed by atoms with E-state index in [0.717, 1.165) is 33.8 Å². The van der Waals surface area contributed by atoms with Gasteiger partial charge in [-0.05, 0) is 73.0 Å². The molecular formula is C20H23N5O2S. The van der Waals surface area contributed by atoms with E-state index in [4.69, 9.17) is 4.74 Å². The molecule has 7 nitrogen and oxygen atoms in total. The van der Waals surface area contributed by atoms with Crippen molar-refractivity contribution in [3.05, 3.63) is 52.6 Å². The van der Waals surface area contributed by atoms with Gasteiger partial charge in [-0.3, -0.25) is 4.79 Å². The largest absolute Gasteiger partial charge is 0.497 e. The summed E-state index contributed by atoms with van der Waals surface area (Å²) in [5.41, 5.74) is 6.01. The Morgan fingerprint density at radius 1 is 1.11 bits per heavy atom. The molecule has 0 aliphatic rings. The van der Waals surface area contributed by atoms with E-state index < -0.39 is 0 Å². The van der Waals surface area contributed by atoms with E-state index in [1.807, 2.05) is 39.0 Å². The summed E-state index contributed by atoms with van der Waals surface area (Å²) >= 11 is 1.30. The predicted molar refractivity (Wildman–Crippen MR) is 110 cm³/mol. The van der Waals surface area contributed by atoms with Crippen LogP contribution in [0.5, 0.6) is 5.75 Å². The molecule has 0 fully saturated rings.